The fourth-order valence-electron chi connectivity index (χ4n) is 3.51. The number of carbonyl (C=O) groups is 1. The maximum Gasteiger partial charge on any atom is 0.251 e. The average molecular weight is 426 g/mol. The van der Waals surface area contributed by atoms with Crippen molar-refractivity contribution in [1.82, 2.24) is 14.6 Å². The smallest absolute Gasteiger partial charge is 0.251 e. The van der Waals surface area contributed by atoms with Crippen LogP contribution in [0.2, 0.25) is 5.02 Å². The Kier molecular flexibility index (Phi) is 5.52. The number of halogens is 1. The molecule has 1 unspecified atom stereocenters. The summed E-state index contributed by atoms with van der Waals surface area (Å²) in [5.41, 5.74) is 0. The van der Waals surface area contributed by atoms with Gasteiger partial charge in [-0.15, -0.1) is 0 Å². The number of carbonyl (C=O) groups excluding carboxylic acids is 1. The molecule has 4 rings (SSSR count). The molecular formula is C18H20ClN3O5S. The Morgan fingerprint density at radius 1 is 1.29 bits per heavy atom. The van der Waals surface area contributed by atoms with Gasteiger partial charge in [0, 0.05) is 42.3 Å². The zero-order valence-corrected chi connectivity index (χ0v) is 16.6. The number of sulfonamides is 1. The predicted octanol–water partition coefficient (Wildman–Crippen LogP) is 1.18. The van der Waals surface area contributed by atoms with E-state index in [1.54, 1.807) is 24.4 Å². The molecule has 2 fully saturated rings. The molecule has 8 nitrogen and oxygen atoms in total. The zero-order chi connectivity index (χ0) is 19.7. The molecule has 2 saturated heterocycles. The number of aromatic nitrogens is 1. The van der Waals surface area contributed by atoms with E-state index in [2.05, 4.69) is 10.3 Å². The highest BCUT2D eigenvalue weighted by Crippen LogP contribution is 2.32. The SMILES string of the molecule is O=C(N[C@@H]1CCN(S(=O)(=O)c2cccc3cncc(Cl)c23)C1)C1COCCO1. The molecule has 0 aliphatic carbocycles. The van der Waals surface area contributed by atoms with Crippen molar-refractivity contribution in [3.05, 3.63) is 35.6 Å². The summed E-state index contributed by atoms with van der Waals surface area (Å²) < 4.78 is 38.5. The standard InChI is InChI=1S/C18H20ClN3O5S/c19-14-9-20-8-12-2-1-3-16(17(12)14)28(24,25)22-5-4-13(10-22)21-18(23)15-11-26-6-7-27-15/h1-3,8-9,13,15H,4-7,10-11H2,(H,21,23)/t13-,15?/m1/s1. The lowest BCUT2D eigenvalue weighted by Gasteiger charge is -2.24. The fourth-order valence-corrected chi connectivity index (χ4v) is 5.57. The van der Waals surface area contributed by atoms with E-state index in [0.717, 1.165) is 0 Å². The maximum absolute atomic E-state index is 13.2. The molecule has 2 aromatic rings. The molecule has 150 valence electrons. The van der Waals surface area contributed by atoms with E-state index in [4.69, 9.17) is 21.1 Å². The highest BCUT2D eigenvalue weighted by Gasteiger charge is 2.35. The van der Waals surface area contributed by atoms with Gasteiger partial charge in [0.25, 0.3) is 5.91 Å². The highest BCUT2D eigenvalue weighted by atomic mass is 35.5. The van der Waals surface area contributed by atoms with Gasteiger partial charge in [-0.25, -0.2) is 8.42 Å². The van der Waals surface area contributed by atoms with E-state index >= 15 is 0 Å². The lowest BCUT2D eigenvalue weighted by Crippen LogP contribution is -2.47. The number of rotatable bonds is 4. The van der Waals surface area contributed by atoms with E-state index in [-0.39, 0.29) is 35.0 Å². The van der Waals surface area contributed by atoms with Gasteiger partial charge in [-0.1, -0.05) is 23.7 Å². The molecule has 28 heavy (non-hydrogen) atoms. The summed E-state index contributed by atoms with van der Waals surface area (Å²) in [7, 11) is -3.77. The van der Waals surface area contributed by atoms with Gasteiger partial charge in [0.05, 0.1) is 29.7 Å². The van der Waals surface area contributed by atoms with Crippen molar-refractivity contribution in [3.8, 4) is 0 Å². The molecule has 10 heteroatoms. The van der Waals surface area contributed by atoms with Gasteiger partial charge in [-0.3, -0.25) is 9.78 Å². The largest absolute Gasteiger partial charge is 0.376 e. The number of hydrogen-bond donors (Lipinski definition) is 1. The fraction of sp³-hybridized carbons (Fsp3) is 0.444. The maximum atomic E-state index is 13.2. The van der Waals surface area contributed by atoms with Crippen LogP contribution in [-0.2, 0) is 24.3 Å². The first-order chi connectivity index (χ1) is 13.5. The molecule has 2 aliphatic heterocycles. The van der Waals surface area contributed by atoms with Crippen LogP contribution >= 0.6 is 11.6 Å². The van der Waals surface area contributed by atoms with Gasteiger partial charge in [-0.05, 0) is 12.5 Å². The molecule has 1 aromatic heterocycles. The topological polar surface area (TPSA) is 97.8 Å². The van der Waals surface area contributed by atoms with E-state index in [0.29, 0.717) is 37.0 Å². The van der Waals surface area contributed by atoms with Gasteiger partial charge in [0.1, 0.15) is 0 Å². The van der Waals surface area contributed by atoms with Crippen molar-refractivity contribution in [2.45, 2.75) is 23.5 Å². The Bertz CT molecular complexity index is 989. The first kappa shape index (κ1) is 19.5. The first-order valence-electron chi connectivity index (χ1n) is 8.99. The van der Waals surface area contributed by atoms with Crippen LogP contribution in [0, 0.1) is 0 Å². The Morgan fingerprint density at radius 2 is 2.14 bits per heavy atom. The number of nitrogens with zero attached hydrogens (tertiary/aromatic N) is 2. The monoisotopic (exact) mass is 425 g/mol. The molecule has 2 aliphatic rings. The number of nitrogens with one attached hydrogen (secondary N) is 1. The molecule has 1 aromatic carbocycles. The van der Waals surface area contributed by atoms with Crippen molar-refractivity contribution >= 4 is 38.3 Å². The Hall–Kier alpha value is -1.78. The summed E-state index contributed by atoms with van der Waals surface area (Å²) >= 11 is 6.23. The van der Waals surface area contributed by atoms with Crippen LogP contribution in [0.5, 0.6) is 0 Å². The number of benzene rings is 1. The molecule has 1 N–H and O–H groups in total. The minimum atomic E-state index is -3.77. The van der Waals surface area contributed by atoms with E-state index in [9.17, 15) is 13.2 Å². The summed E-state index contributed by atoms with van der Waals surface area (Å²) in [5, 5.41) is 4.27. The second-order valence-corrected chi connectivity index (χ2v) is 9.08. The second-order valence-electron chi connectivity index (χ2n) is 6.77. The molecule has 0 spiro atoms. The molecular weight excluding hydrogens is 406 g/mol. The molecule has 0 bridgehead atoms. The average Bonchev–Trinajstić information content (AvgIpc) is 3.18. The van der Waals surface area contributed by atoms with E-state index in [1.165, 1.54) is 10.5 Å². The predicted molar refractivity (Wildman–Crippen MR) is 103 cm³/mol. The summed E-state index contributed by atoms with van der Waals surface area (Å²) in [6.45, 7) is 1.57. The van der Waals surface area contributed by atoms with Gasteiger partial charge >= 0.3 is 0 Å². The van der Waals surface area contributed by atoms with Crippen LogP contribution in [0.25, 0.3) is 10.8 Å². The Morgan fingerprint density at radius 3 is 2.93 bits per heavy atom. The third-order valence-electron chi connectivity index (χ3n) is 4.92. The summed E-state index contributed by atoms with van der Waals surface area (Å²) in [6.07, 6.45) is 2.89. The van der Waals surface area contributed by atoms with Crippen molar-refractivity contribution < 1.29 is 22.7 Å². The summed E-state index contributed by atoms with van der Waals surface area (Å²) in [4.78, 5) is 16.5. The van der Waals surface area contributed by atoms with Gasteiger partial charge in [-0.2, -0.15) is 4.31 Å². The quantitative estimate of drug-likeness (QED) is 0.790. The number of ether oxygens (including phenoxy) is 2. The second kappa shape index (κ2) is 7.92. The highest BCUT2D eigenvalue weighted by molar-refractivity contribution is 7.89. The third-order valence-corrected chi connectivity index (χ3v) is 7.12. The van der Waals surface area contributed by atoms with Crippen LogP contribution < -0.4 is 5.32 Å². The van der Waals surface area contributed by atoms with Crippen LogP contribution in [0.4, 0.5) is 0 Å². The van der Waals surface area contributed by atoms with Gasteiger partial charge in [0.15, 0.2) is 6.10 Å². The number of amides is 1. The van der Waals surface area contributed by atoms with Crippen LogP contribution in [0.3, 0.4) is 0 Å². The van der Waals surface area contributed by atoms with E-state index < -0.39 is 16.1 Å². The first-order valence-corrected chi connectivity index (χ1v) is 10.8. The van der Waals surface area contributed by atoms with Gasteiger partial charge < -0.3 is 14.8 Å². The third kappa shape index (κ3) is 3.72. The van der Waals surface area contributed by atoms with Crippen molar-refractivity contribution in [1.29, 1.82) is 0 Å². The zero-order valence-electron chi connectivity index (χ0n) is 15.0. The lowest BCUT2D eigenvalue weighted by molar-refractivity contribution is -0.148. The lowest BCUT2D eigenvalue weighted by atomic mass is 10.2. The van der Waals surface area contributed by atoms with Gasteiger partial charge in [0.2, 0.25) is 10.0 Å². The molecule has 1 amide bonds. The molecule has 3 heterocycles. The Balaban J connectivity index is 1.51. The number of fused-ring (bicyclic) bond motifs is 1. The van der Waals surface area contributed by atoms with Crippen molar-refractivity contribution in [3.63, 3.8) is 0 Å². The molecule has 2 atom stereocenters. The minimum Gasteiger partial charge on any atom is -0.376 e. The van der Waals surface area contributed by atoms with Crippen LogP contribution in [0.1, 0.15) is 6.42 Å². The minimum absolute atomic E-state index is 0.147. The summed E-state index contributed by atoms with van der Waals surface area (Å²) in [5.74, 6) is -0.275. The number of hydrogen-bond acceptors (Lipinski definition) is 6. The Labute approximate surface area is 167 Å². The van der Waals surface area contributed by atoms with Crippen molar-refractivity contribution in [2.24, 2.45) is 0 Å². The van der Waals surface area contributed by atoms with E-state index in [1.807, 2.05) is 0 Å². The summed E-state index contributed by atoms with van der Waals surface area (Å²) in [6, 6.07) is 4.71. The molecule has 0 radical (unpaired) electrons. The van der Waals surface area contributed by atoms with Crippen LogP contribution in [-0.4, -0.2) is 68.7 Å². The number of pyridine rings is 1. The molecule has 0 saturated carbocycles. The van der Waals surface area contributed by atoms with Crippen molar-refractivity contribution in [2.75, 3.05) is 32.9 Å². The van der Waals surface area contributed by atoms with Crippen LogP contribution in [0.15, 0.2) is 35.5 Å². The normalized spacial score (nSPS) is 23.8.